The predicted octanol–water partition coefficient (Wildman–Crippen LogP) is 0.867. The van der Waals surface area contributed by atoms with Crippen molar-refractivity contribution >= 4 is 0 Å². The van der Waals surface area contributed by atoms with E-state index < -0.39 is 13.0 Å². The molecule has 0 heterocycles. The molecule has 0 bridgehead atoms. The maximum absolute atomic E-state index is 11.6. The molecule has 0 aromatic heterocycles. The quantitative estimate of drug-likeness (QED) is 0.458. The molecular formula is C6H11FO2. The van der Waals surface area contributed by atoms with Crippen molar-refractivity contribution in [3.05, 3.63) is 11.6 Å². The molecule has 1 N–H and O–H groups in total. The lowest BCUT2D eigenvalue weighted by Crippen LogP contribution is -2.05. The Morgan fingerprint density at radius 1 is 1.89 bits per heavy atom. The normalized spacial score (nSPS) is 15.8. The summed E-state index contributed by atoms with van der Waals surface area (Å²) in [5, 5.41) is 8.69. The molecule has 0 aliphatic carbocycles. The molecule has 0 amide bonds. The van der Waals surface area contributed by atoms with Crippen molar-refractivity contribution in [2.45, 2.75) is 13.2 Å². The highest BCUT2D eigenvalue weighted by Gasteiger charge is 1.95. The molecule has 0 spiro atoms. The van der Waals surface area contributed by atoms with Gasteiger partial charge < -0.3 is 9.84 Å². The van der Waals surface area contributed by atoms with Gasteiger partial charge in [0.15, 0.2) is 6.29 Å². The fourth-order valence-electron chi connectivity index (χ4n) is 0.356. The molecular weight excluding hydrogens is 123 g/mol. The van der Waals surface area contributed by atoms with Crippen LogP contribution in [-0.2, 0) is 4.74 Å². The molecule has 0 saturated heterocycles. The van der Waals surface area contributed by atoms with Gasteiger partial charge in [-0.2, -0.15) is 0 Å². The molecule has 1 unspecified atom stereocenters. The Bertz CT molecular complexity index is 101. The van der Waals surface area contributed by atoms with E-state index in [4.69, 9.17) is 5.11 Å². The molecule has 0 saturated carbocycles. The van der Waals surface area contributed by atoms with Crippen LogP contribution in [0.3, 0.4) is 0 Å². The van der Waals surface area contributed by atoms with E-state index >= 15 is 0 Å². The van der Waals surface area contributed by atoms with Crippen LogP contribution in [0.2, 0.25) is 0 Å². The smallest absolute Gasteiger partial charge is 0.174 e. The number of allylic oxidation sites excluding steroid dienone is 1. The fourth-order valence-corrected chi connectivity index (χ4v) is 0.356. The maximum atomic E-state index is 11.6. The van der Waals surface area contributed by atoms with Gasteiger partial charge >= 0.3 is 0 Å². The number of aliphatic hydroxyl groups is 1. The number of halogens is 1. The van der Waals surface area contributed by atoms with Gasteiger partial charge in [-0.25, -0.2) is 4.39 Å². The summed E-state index contributed by atoms with van der Waals surface area (Å²) in [5.41, 5.74) is 0.476. The Morgan fingerprint density at radius 2 is 2.44 bits per heavy atom. The van der Waals surface area contributed by atoms with Crippen molar-refractivity contribution in [2.24, 2.45) is 0 Å². The number of hydrogen-bond donors (Lipinski definition) is 1. The minimum atomic E-state index is -0.972. The topological polar surface area (TPSA) is 29.5 Å². The summed E-state index contributed by atoms with van der Waals surface area (Å²) in [5.74, 6) is 0. The van der Waals surface area contributed by atoms with Gasteiger partial charge in [-0.1, -0.05) is 0 Å². The molecule has 0 rings (SSSR count). The summed E-state index contributed by atoms with van der Waals surface area (Å²) in [6.45, 7) is 1.04. The van der Waals surface area contributed by atoms with E-state index in [-0.39, 0.29) is 0 Å². The molecule has 54 valence electrons. The van der Waals surface area contributed by atoms with Crippen molar-refractivity contribution in [2.75, 3.05) is 13.8 Å². The van der Waals surface area contributed by atoms with E-state index in [9.17, 15) is 4.39 Å². The van der Waals surface area contributed by atoms with E-state index in [0.29, 0.717) is 5.57 Å². The number of alkyl halides is 1. The second kappa shape index (κ2) is 4.47. The summed E-state index contributed by atoms with van der Waals surface area (Å²) in [6.07, 6.45) is 0.348. The van der Waals surface area contributed by atoms with Crippen LogP contribution < -0.4 is 0 Å². The minimum absolute atomic E-state index is 0.476. The molecule has 0 aromatic rings. The lowest BCUT2D eigenvalue weighted by Gasteiger charge is -2.01. The molecule has 0 aromatic carbocycles. The predicted molar refractivity (Wildman–Crippen MR) is 32.7 cm³/mol. The summed E-state index contributed by atoms with van der Waals surface area (Å²) in [7, 11) is 1.35. The monoisotopic (exact) mass is 134 g/mol. The average Bonchev–Trinajstić information content (AvgIpc) is 1.87. The van der Waals surface area contributed by atoms with Crippen LogP contribution in [0.25, 0.3) is 0 Å². The van der Waals surface area contributed by atoms with Crippen LogP contribution in [0.4, 0.5) is 4.39 Å². The first-order valence-corrected chi connectivity index (χ1v) is 2.64. The third kappa shape index (κ3) is 4.12. The summed E-state index contributed by atoms with van der Waals surface area (Å²) < 4.78 is 16.1. The molecule has 0 aliphatic heterocycles. The molecule has 0 aliphatic rings. The highest BCUT2D eigenvalue weighted by Crippen LogP contribution is 1.96. The number of ether oxygens (including phenoxy) is 1. The van der Waals surface area contributed by atoms with E-state index in [1.807, 2.05) is 0 Å². The molecule has 3 heteroatoms. The highest BCUT2D eigenvalue weighted by atomic mass is 19.1. The first-order chi connectivity index (χ1) is 4.20. The number of rotatable bonds is 3. The van der Waals surface area contributed by atoms with Crippen LogP contribution in [0, 0.1) is 0 Å². The standard InChI is InChI=1S/C6H11FO2/c1-5(4-7)3-6(8)9-2/h3,6,8H,4H2,1-2H3/b5-3+. The van der Waals surface area contributed by atoms with Crippen LogP contribution in [0.1, 0.15) is 6.92 Å². The summed E-state index contributed by atoms with van der Waals surface area (Å²) >= 11 is 0. The fraction of sp³-hybridized carbons (Fsp3) is 0.667. The lowest BCUT2D eigenvalue weighted by atomic mass is 10.3. The van der Waals surface area contributed by atoms with Gasteiger partial charge in [-0.15, -0.1) is 0 Å². The van der Waals surface area contributed by atoms with Crippen molar-refractivity contribution in [1.29, 1.82) is 0 Å². The Hall–Kier alpha value is -0.410. The summed E-state index contributed by atoms with van der Waals surface area (Å²) in [4.78, 5) is 0. The van der Waals surface area contributed by atoms with Crippen molar-refractivity contribution < 1.29 is 14.2 Å². The third-order valence-corrected chi connectivity index (χ3v) is 0.879. The zero-order valence-corrected chi connectivity index (χ0v) is 5.60. The van der Waals surface area contributed by atoms with Crippen LogP contribution in [0.5, 0.6) is 0 Å². The Labute approximate surface area is 53.9 Å². The lowest BCUT2D eigenvalue weighted by molar-refractivity contribution is -0.0363. The van der Waals surface area contributed by atoms with Crippen molar-refractivity contribution in [3.63, 3.8) is 0 Å². The second-order valence-corrected chi connectivity index (χ2v) is 1.77. The second-order valence-electron chi connectivity index (χ2n) is 1.77. The molecule has 9 heavy (non-hydrogen) atoms. The zero-order valence-electron chi connectivity index (χ0n) is 5.60. The Morgan fingerprint density at radius 3 is 2.78 bits per heavy atom. The Balaban J connectivity index is 3.64. The highest BCUT2D eigenvalue weighted by molar-refractivity contribution is 4.99. The molecule has 1 atom stereocenters. The van der Waals surface area contributed by atoms with Gasteiger partial charge in [0.05, 0.1) is 0 Å². The van der Waals surface area contributed by atoms with E-state index in [0.717, 1.165) is 0 Å². The van der Waals surface area contributed by atoms with Gasteiger partial charge in [-0.05, 0) is 18.6 Å². The van der Waals surface area contributed by atoms with Gasteiger partial charge in [0, 0.05) is 7.11 Å². The first-order valence-electron chi connectivity index (χ1n) is 2.64. The number of aliphatic hydroxyl groups excluding tert-OH is 1. The molecule has 0 radical (unpaired) electrons. The largest absolute Gasteiger partial charge is 0.365 e. The SMILES string of the molecule is COC(O)/C=C(\C)CF. The van der Waals surface area contributed by atoms with Crippen LogP contribution >= 0.6 is 0 Å². The number of methoxy groups -OCH3 is 1. The van der Waals surface area contributed by atoms with Gasteiger partial charge in [0.2, 0.25) is 0 Å². The van der Waals surface area contributed by atoms with E-state index in [1.165, 1.54) is 13.2 Å². The third-order valence-electron chi connectivity index (χ3n) is 0.879. The molecule has 2 nitrogen and oxygen atoms in total. The van der Waals surface area contributed by atoms with Gasteiger partial charge in [0.1, 0.15) is 6.67 Å². The number of hydrogen-bond acceptors (Lipinski definition) is 2. The Kier molecular flexibility index (Phi) is 4.26. The van der Waals surface area contributed by atoms with E-state index in [1.54, 1.807) is 6.92 Å². The van der Waals surface area contributed by atoms with E-state index in [2.05, 4.69) is 4.74 Å². The van der Waals surface area contributed by atoms with Crippen molar-refractivity contribution in [1.82, 2.24) is 0 Å². The maximum Gasteiger partial charge on any atom is 0.174 e. The van der Waals surface area contributed by atoms with Gasteiger partial charge in [0.25, 0.3) is 0 Å². The van der Waals surface area contributed by atoms with Crippen LogP contribution in [0.15, 0.2) is 11.6 Å². The minimum Gasteiger partial charge on any atom is -0.365 e. The zero-order chi connectivity index (χ0) is 7.28. The summed E-state index contributed by atoms with van der Waals surface area (Å²) in [6, 6.07) is 0. The van der Waals surface area contributed by atoms with Crippen molar-refractivity contribution in [3.8, 4) is 0 Å². The van der Waals surface area contributed by atoms with Crippen LogP contribution in [-0.4, -0.2) is 25.2 Å². The molecule has 0 fully saturated rings. The average molecular weight is 134 g/mol. The van der Waals surface area contributed by atoms with Gasteiger partial charge in [-0.3, -0.25) is 0 Å². The first kappa shape index (κ1) is 8.59.